The Morgan fingerprint density at radius 2 is 2.31 bits per heavy atom. The molecule has 4 nitrogen and oxygen atoms in total. The minimum absolute atomic E-state index is 0.184. The molecule has 1 rings (SSSR count). The number of alkyl halides is 1. The topological polar surface area (TPSA) is 63.3 Å². The fourth-order valence-electron chi connectivity index (χ4n) is 1.06. The van der Waals surface area contributed by atoms with E-state index < -0.39 is 12.1 Å². The quantitative estimate of drug-likeness (QED) is 0.773. The summed E-state index contributed by atoms with van der Waals surface area (Å²) in [7, 11) is 0. The highest BCUT2D eigenvalue weighted by Crippen LogP contribution is 2.15. The molecule has 1 heterocycles. The highest BCUT2D eigenvalue weighted by Gasteiger charge is 2.20. The molecule has 1 aromatic heterocycles. The van der Waals surface area contributed by atoms with Gasteiger partial charge in [-0.15, -0.1) is 0 Å². The molecule has 0 aromatic carbocycles. The average Bonchev–Trinajstić information content (AvgIpc) is 2.35. The van der Waals surface area contributed by atoms with Crippen LogP contribution < -0.4 is 0 Å². The summed E-state index contributed by atoms with van der Waals surface area (Å²) in [5.41, 5.74) is 1.08. The first kappa shape index (κ1) is 9.70. The fourth-order valence-corrected chi connectivity index (χ4v) is 1.06. The third-order valence-corrected chi connectivity index (χ3v) is 1.83. The monoisotopic (exact) mass is 187 g/mol. The smallest absolute Gasteiger partial charge is 0.338 e. The van der Waals surface area contributed by atoms with Crippen molar-refractivity contribution in [3.05, 3.63) is 17.0 Å². The number of carbonyl (C=O) groups is 1. The van der Waals surface area contributed by atoms with Crippen LogP contribution >= 0.6 is 0 Å². The summed E-state index contributed by atoms with van der Waals surface area (Å²) in [6.45, 7) is 3.28. The molecule has 0 amide bonds. The average molecular weight is 187 g/mol. The van der Waals surface area contributed by atoms with Crippen LogP contribution in [0.1, 0.15) is 17.0 Å². The second-order valence-electron chi connectivity index (χ2n) is 2.81. The fraction of sp³-hybridized carbons (Fsp3) is 0.500. The molecule has 0 radical (unpaired) electrons. The number of halogens is 1. The molecule has 0 bridgehead atoms. The van der Waals surface area contributed by atoms with Gasteiger partial charge in [-0.05, 0) is 13.8 Å². The van der Waals surface area contributed by atoms with E-state index >= 15 is 0 Å². The summed E-state index contributed by atoms with van der Waals surface area (Å²) < 4.78 is 17.5. The molecule has 1 atom stereocenters. The number of aromatic nitrogens is 1. The second kappa shape index (κ2) is 3.55. The van der Waals surface area contributed by atoms with Crippen molar-refractivity contribution >= 4 is 5.97 Å². The summed E-state index contributed by atoms with van der Waals surface area (Å²) in [6.07, 6.45) is -2.08. The summed E-state index contributed by atoms with van der Waals surface area (Å²) in [4.78, 5) is 10.2. The van der Waals surface area contributed by atoms with E-state index in [1.807, 2.05) is 0 Å². The molecule has 1 unspecified atom stereocenters. The van der Waals surface area contributed by atoms with E-state index in [0.717, 1.165) is 0 Å². The van der Waals surface area contributed by atoms with E-state index in [9.17, 15) is 9.18 Å². The maximum Gasteiger partial charge on any atom is 0.338 e. The van der Waals surface area contributed by atoms with Gasteiger partial charge >= 0.3 is 5.97 Å². The third-order valence-electron chi connectivity index (χ3n) is 1.83. The molecule has 1 N–H and O–H groups in total. The number of aliphatic carboxylic acids is 1. The van der Waals surface area contributed by atoms with E-state index in [0.29, 0.717) is 17.0 Å². The first-order valence-corrected chi connectivity index (χ1v) is 3.81. The van der Waals surface area contributed by atoms with Crippen LogP contribution in [0.25, 0.3) is 0 Å². The van der Waals surface area contributed by atoms with E-state index in [2.05, 4.69) is 5.16 Å². The van der Waals surface area contributed by atoms with Crippen LogP contribution in [-0.2, 0) is 11.2 Å². The molecular weight excluding hydrogens is 177 g/mol. The number of hydrogen-bond acceptors (Lipinski definition) is 3. The van der Waals surface area contributed by atoms with Gasteiger partial charge in [-0.2, -0.15) is 0 Å². The normalized spacial score (nSPS) is 12.8. The molecule has 0 aliphatic rings. The zero-order chi connectivity index (χ0) is 10.0. The number of carboxylic acid groups (broad SMARTS) is 1. The maximum absolute atomic E-state index is 12.8. The van der Waals surface area contributed by atoms with Gasteiger partial charge in [0, 0.05) is 12.0 Å². The van der Waals surface area contributed by atoms with Crippen molar-refractivity contribution < 1.29 is 18.8 Å². The first-order chi connectivity index (χ1) is 6.02. The molecule has 13 heavy (non-hydrogen) atoms. The lowest BCUT2D eigenvalue weighted by atomic mass is 10.1. The molecule has 0 spiro atoms. The van der Waals surface area contributed by atoms with Gasteiger partial charge in [-0.1, -0.05) is 5.16 Å². The van der Waals surface area contributed by atoms with E-state index in [-0.39, 0.29) is 6.42 Å². The van der Waals surface area contributed by atoms with Crippen LogP contribution in [0.15, 0.2) is 4.52 Å². The van der Waals surface area contributed by atoms with Gasteiger partial charge in [-0.3, -0.25) is 0 Å². The Bertz CT molecular complexity index is 302. The Morgan fingerprint density at radius 1 is 1.69 bits per heavy atom. The largest absolute Gasteiger partial charge is 0.479 e. The van der Waals surface area contributed by atoms with Crippen LogP contribution in [0.4, 0.5) is 4.39 Å². The Balaban J connectivity index is 2.79. The van der Waals surface area contributed by atoms with Crippen molar-refractivity contribution in [3.63, 3.8) is 0 Å². The molecule has 0 saturated heterocycles. The molecule has 1 aromatic rings. The Hall–Kier alpha value is -1.39. The lowest BCUT2D eigenvalue weighted by Crippen LogP contribution is -2.17. The molecule has 72 valence electrons. The van der Waals surface area contributed by atoms with Crippen LogP contribution in [0.5, 0.6) is 0 Å². The van der Waals surface area contributed by atoms with Crippen LogP contribution in [0.2, 0.25) is 0 Å². The van der Waals surface area contributed by atoms with Gasteiger partial charge in [0.25, 0.3) is 0 Å². The molecule has 0 aliphatic carbocycles. The van der Waals surface area contributed by atoms with Gasteiger partial charge in [0.15, 0.2) is 0 Å². The number of carboxylic acids is 1. The zero-order valence-electron chi connectivity index (χ0n) is 7.37. The Kier molecular flexibility index (Phi) is 2.65. The van der Waals surface area contributed by atoms with E-state index in [1.165, 1.54) is 0 Å². The lowest BCUT2D eigenvalue weighted by Gasteiger charge is -2.01. The number of hydrogen-bond donors (Lipinski definition) is 1. The highest BCUT2D eigenvalue weighted by molar-refractivity contribution is 5.72. The van der Waals surface area contributed by atoms with Gasteiger partial charge in [0.05, 0.1) is 5.69 Å². The van der Waals surface area contributed by atoms with Gasteiger partial charge in [0.1, 0.15) is 5.76 Å². The van der Waals surface area contributed by atoms with Crippen LogP contribution in [-0.4, -0.2) is 22.4 Å². The van der Waals surface area contributed by atoms with Gasteiger partial charge in [0.2, 0.25) is 6.17 Å². The number of rotatable bonds is 3. The molecule has 5 heteroatoms. The summed E-state index contributed by atoms with van der Waals surface area (Å²) in [5, 5.41) is 11.9. The van der Waals surface area contributed by atoms with Crippen molar-refractivity contribution in [1.82, 2.24) is 5.16 Å². The number of aryl methyl sites for hydroxylation is 2. The van der Waals surface area contributed by atoms with E-state index in [1.54, 1.807) is 13.8 Å². The van der Waals surface area contributed by atoms with Gasteiger partial charge in [-0.25, -0.2) is 9.18 Å². The molecule has 0 fully saturated rings. The maximum atomic E-state index is 12.8. The Morgan fingerprint density at radius 3 is 2.69 bits per heavy atom. The zero-order valence-corrected chi connectivity index (χ0v) is 7.37. The van der Waals surface area contributed by atoms with Crippen molar-refractivity contribution in [2.24, 2.45) is 0 Å². The predicted octanol–water partition coefficient (Wildman–Crippen LogP) is 1.26. The summed E-state index contributed by atoms with van der Waals surface area (Å²) in [6, 6.07) is 0. The SMILES string of the molecule is Cc1noc(C)c1CC(F)C(=O)O. The van der Waals surface area contributed by atoms with Crippen molar-refractivity contribution in [1.29, 1.82) is 0 Å². The third kappa shape index (κ3) is 2.05. The summed E-state index contributed by atoms with van der Waals surface area (Å²) in [5.74, 6) is -0.985. The second-order valence-corrected chi connectivity index (χ2v) is 2.81. The molecule has 0 aliphatic heterocycles. The van der Waals surface area contributed by atoms with Crippen LogP contribution in [0, 0.1) is 13.8 Å². The first-order valence-electron chi connectivity index (χ1n) is 3.81. The lowest BCUT2D eigenvalue weighted by molar-refractivity contribution is -0.142. The highest BCUT2D eigenvalue weighted by atomic mass is 19.1. The molecular formula is C8H10FNO3. The minimum atomic E-state index is -1.89. The number of nitrogens with zero attached hydrogens (tertiary/aromatic N) is 1. The van der Waals surface area contributed by atoms with Crippen molar-refractivity contribution in [3.8, 4) is 0 Å². The van der Waals surface area contributed by atoms with Crippen molar-refractivity contribution in [2.75, 3.05) is 0 Å². The summed E-state index contributed by atoms with van der Waals surface area (Å²) >= 11 is 0. The minimum Gasteiger partial charge on any atom is -0.479 e. The van der Waals surface area contributed by atoms with Crippen molar-refractivity contribution in [2.45, 2.75) is 26.4 Å². The van der Waals surface area contributed by atoms with Crippen LogP contribution in [0.3, 0.4) is 0 Å². The standard InChI is InChI=1S/C8H10FNO3/c1-4-6(5(2)13-10-4)3-7(9)8(11)12/h7H,3H2,1-2H3,(H,11,12). The predicted molar refractivity (Wildman–Crippen MR) is 42.2 cm³/mol. The van der Waals surface area contributed by atoms with E-state index in [4.69, 9.17) is 9.63 Å². The Labute approximate surface area is 74.3 Å². The van der Waals surface area contributed by atoms with Gasteiger partial charge < -0.3 is 9.63 Å². The molecule has 0 saturated carbocycles.